The normalized spacial score (nSPS) is 11.0. The molecule has 0 aliphatic carbocycles. The first kappa shape index (κ1) is 18.6. The Morgan fingerprint density at radius 3 is 1.79 bits per heavy atom. The lowest BCUT2D eigenvalue weighted by Crippen LogP contribution is -1.88. The number of nitrogens with zero attached hydrogens (tertiary/aromatic N) is 2. The van der Waals surface area contributed by atoms with E-state index >= 15 is 0 Å². The number of benzene rings is 4. The first-order valence-electron chi connectivity index (χ1n) is 9.67. The molecule has 3 heteroatoms. The van der Waals surface area contributed by atoms with Gasteiger partial charge in [0.15, 0.2) is 0 Å². The Morgan fingerprint density at radius 1 is 0.517 bits per heavy atom. The van der Waals surface area contributed by atoms with E-state index in [1.54, 1.807) is 6.07 Å². The Morgan fingerprint density at radius 2 is 1.10 bits per heavy atom. The standard InChI is InChI=1S/C26H22N2O/c29-26-19-22(17-20-9-3-1-4-10-20)15-16-25(26)28-27-24-14-8-7-13-23(24)18-21-11-5-2-6-12-21/h1-16,19,29H,17-18H2. The van der Waals surface area contributed by atoms with E-state index in [4.69, 9.17) is 0 Å². The maximum absolute atomic E-state index is 10.4. The van der Waals surface area contributed by atoms with Crippen LogP contribution in [0.25, 0.3) is 0 Å². The van der Waals surface area contributed by atoms with Gasteiger partial charge in [-0.25, -0.2) is 0 Å². The highest BCUT2D eigenvalue weighted by Gasteiger charge is 2.05. The number of hydrogen-bond donors (Lipinski definition) is 1. The Labute approximate surface area is 171 Å². The van der Waals surface area contributed by atoms with Crippen molar-refractivity contribution in [3.8, 4) is 5.75 Å². The van der Waals surface area contributed by atoms with Crippen molar-refractivity contribution < 1.29 is 5.11 Å². The van der Waals surface area contributed by atoms with Crippen LogP contribution < -0.4 is 0 Å². The quantitative estimate of drug-likeness (QED) is 0.361. The average molecular weight is 378 g/mol. The Bertz CT molecular complexity index is 1110. The van der Waals surface area contributed by atoms with Crippen LogP contribution in [0.2, 0.25) is 0 Å². The lowest BCUT2D eigenvalue weighted by molar-refractivity contribution is 0.476. The van der Waals surface area contributed by atoms with Gasteiger partial charge in [0.1, 0.15) is 11.4 Å². The molecule has 0 atom stereocenters. The highest BCUT2D eigenvalue weighted by atomic mass is 16.3. The first-order valence-corrected chi connectivity index (χ1v) is 9.67. The van der Waals surface area contributed by atoms with Crippen molar-refractivity contribution >= 4 is 11.4 Å². The van der Waals surface area contributed by atoms with Gasteiger partial charge in [-0.1, -0.05) is 84.9 Å². The van der Waals surface area contributed by atoms with Gasteiger partial charge < -0.3 is 5.11 Å². The van der Waals surface area contributed by atoms with Crippen molar-refractivity contribution in [2.75, 3.05) is 0 Å². The molecule has 3 nitrogen and oxygen atoms in total. The summed E-state index contributed by atoms with van der Waals surface area (Å²) in [5, 5.41) is 19.1. The smallest absolute Gasteiger partial charge is 0.143 e. The van der Waals surface area contributed by atoms with Crippen molar-refractivity contribution in [3.05, 3.63) is 125 Å². The molecule has 4 aromatic rings. The fourth-order valence-corrected chi connectivity index (χ4v) is 3.28. The SMILES string of the molecule is Oc1cc(Cc2ccccc2)ccc1N=Nc1ccccc1Cc1ccccc1. The van der Waals surface area contributed by atoms with Crippen LogP contribution in [0.4, 0.5) is 11.4 Å². The van der Waals surface area contributed by atoms with E-state index in [2.05, 4.69) is 40.6 Å². The van der Waals surface area contributed by atoms with Crippen molar-refractivity contribution in [3.63, 3.8) is 0 Å². The van der Waals surface area contributed by atoms with Gasteiger partial charge in [-0.05, 0) is 53.3 Å². The van der Waals surface area contributed by atoms with Crippen LogP contribution in [-0.2, 0) is 12.8 Å². The molecule has 0 aliphatic heterocycles. The fraction of sp³-hybridized carbons (Fsp3) is 0.0769. The third-order valence-electron chi connectivity index (χ3n) is 4.79. The summed E-state index contributed by atoms with van der Waals surface area (Å²) >= 11 is 0. The first-order chi connectivity index (χ1) is 14.3. The molecule has 142 valence electrons. The Hall–Kier alpha value is -3.72. The van der Waals surface area contributed by atoms with E-state index in [0.717, 1.165) is 29.7 Å². The molecule has 1 N–H and O–H groups in total. The number of hydrogen-bond acceptors (Lipinski definition) is 3. The Kier molecular flexibility index (Phi) is 5.77. The monoisotopic (exact) mass is 378 g/mol. The zero-order chi connectivity index (χ0) is 19.9. The molecule has 0 saturated carbocycles. The molecular weight excluding hydrogens is 356 g/mol. The van der Waals surface area contributed by atoms with Crippen LogP contribution in [0, 0.1) is 0 Å². The van der Waals surface area contributed by atoms with Gasteiger partial charge in [0.25, 0.3) is 0 Å². The van der Waals surface area contributed by atoms with Gasteiger partial charge in [0.2, 0.25) is 0 Å². The molecule has 0 amide bonds. The van der Waals surface area contributed by atoms with E-state index < -0.39 is 0 Å². The third kappa shape index (κ3) is 4.96. The van der Waals surface area contributed by atoms with Crippen molar-refractivity contribution in [1.29, 1.82) is 0 Å². The summed E-state index contributed by atoms with van der Waals surface area (Å²) in [6, 6.07) is 34.0. The maximum Gasteiger partial charge on any atom is 0.143 e. The number of rotatable bonds is 6. The van der Waals surface area contributed by atoms with Gasteiger partial charge in [0.05, 0.1) is 5.69 Å². The molecule has 0 bridgehead atoms. The molecule has 0 heterocycles. The highest BCUT2D eigenvalue weighted by molar-refractivity contribution is 5.54. The third-order valence-corrected chi connectivity index (χ3v) is 4.79. The highest BCUT2D eigenvalue weighted by Crippen LogP contribution is 2.31. The number of azo groups is 1. The molecule has 0 fully saturated rings. The van der Waals surface area contributed by atoms with Gasteiger partial charge in [0, 0.05) is 0 Å². The number of aromatic hydroxyl groups is 1. The molecule has 4 rings (SSSR count). The minimum Gasteiger partial charge on any atom is -0.506 e. The zero-order valence-corrected chi connectivity index (χ0v) is 16.1. The average Bonchev–Trinajstić information content (AvgIpc) is 2.76. The minimum atomic E-state index is 0.141. The molecule has 29 heavy (non-hydrogen) atoms. The lowest BCUT2D eigenvalue weighted by atomic mass is 10.0. The van der Waals surface area contributed by atoms with Crippen LogP contribution in [-0.4, -0.2) is 5.11 Å². The second-order valence-corrected chi connectivity index (χ2v) is 6.98. The van der Waals surface area contributed by atoms with Gasteiger partial charge in [-0.3, -0.25) is 0 Å². The molecule has 0 aromatic heterocycles. The Balaban J connectivity index is 1.52. The van der Waals surface area contributed by atoms with Gasteiger partial charge in [-0.2, -0.15) is 5.11 Å². The van der Waals surface area contributed by atoms with Crippen LogP contribution in [0.15, 0.2) is 113 Å². The summed E-state index contributed by atoms with van der Waals surface area (Å²) in [6.45, 7) is 0. The van der Waals surface area contributed by atoms with Crippen LogP contribution in [0.1, 0.15) is 22.3 Å². The largest absolute Gasteiger partial charge is 0.506 e. The number of phenols is 1. The summed E-state index contributed by atoms with van der Waals surface area (Å²) in [6.07, 6.45) is 1.56. The molecule has 0 radical (unpaired) electrons. The van der Waals surface area contributed by atoms with Crippen LogP contribution in [0.3, 0.4) is 0 Å². The van der Waals surface area contributed by atoms with Crippen molar-refractivity contribution in [2.45, 2.75) is 12.8 Å². The number of phenolic OH excluding ortho intramolecular Hbond substituents is 1. The van der Waals surface area contributed by atoms with E-state index in [-0.39, 0.29) is 5.75 Å². The van der Waals surface area contributed by atoms with E-state index in [1.165, 1.54) is 11.1 Å². The van der Waals surface area contributed by atoms with Gasteiger partial charge in [-0.15, -0.1) is 5.11 Å². The van der Waals surface area contributed by atoms with E-state index in [0.29, 0.717) is 5.69 Å². The maximum atomic E-state index is 10.4. The zero-order valence-electron chi connectivity index (χ0n) is 16.1. The van der Waals surface area contributed by atoms with Crippen molar-refractivity contribution in [2.24, 2.45) is 10.2 Å². The predicted molar refractivity (Wildman–Crippen MR) is 117 cm³/mol. The van der Waals surface area contributed by atoms with Crippen LogP contribution in [0.5, 0.6) is 5.75 Å². The molecule has 0 aliphatic rings. The summed E-state index contributed by atoms with van der Waals surface area (Å²) in [7, 11) is 0. The molecule has 0 spiro atoms. The van der Waals surface area contributed by atoms with Crippen molar-refractivity contribution in [1.82, 2.24) is 0 Å². The second kappa shape index (κ2) is 8.98. The lowest BCUT2D eigenvalue weighted by Gasteiger charge is -2.06. The summed E-state index contributed by atoms with van der Waals surface area (Å²) in [5.41, 5.74) is 5.85. The van der Waals surface area contributed by atoms with Crippen LogP contribution >= 0.6 is 0 Å². The minimum absolute atomic E-state index is 0.141. The fourth-order valence-electron chi connectivity index (χ4n) is 3.28. The summed E-state index contributed by atoms with van der Waals surface area (Å²) < 4.78 is 0. The summed E-state index contributed by atoms with van der Waals surface area (Å²) in [5.74, 6) is 0.141. The molecule has 0 unspecified atom stereocenters. The molecule has 0 saturated heterocycles. The molecule has 4 aromatic carbocycles. The predicted octanol–water partition coefficient (Wildman–Crippen LogP) is 6.99. The van der Waals surface area contributed by atoms with E-state index in [1.807, 2.05) is 66.7 Å². The molecular formula is C26H22N2O. The topological polar surface area (TPSA) is 45.0 Å². The van der Waals surface area contributed by atoms with E-state index in [9.17, 15) is 5.11 Å². The second-order valence-electron chi connectivity index (χ2n) is 6.98. The van der Waals surface area contributed by atoms with Gasteiger partial charge >= 0.3 is 0 Å². The summed E-state index contributed by atoms with van der Waals surface area (Å²) in [4.78, 5) is 0.